The lowest BCUT2D eigenvalue weighted by molar-refractivity contribution is -0.139. The molecule has 5 nitrogen and oxygen atoms in total. The highest BCUT2D eigenvalue weighted by Gasteiger charge is 2.40. The van der Waals surface area contributed by atoms with Crippen molar-refractivity contribution in [2.24, 2.45) is 11.3 Å². The van der Waals surface area contributed by atoms with Gasteiger partial charge in [-0.25, -0.2) is 0 Å². The Labute approximate surface area is 184 Å². The molecule has 1 aromatic rings. The van der Waals surface area contributed by atoms with Gasteiger partial charge in [0.2, 0.25) is 11.8 Å². The van der Waals surface area contributed by atoms with E-state index in [-0.39, 0.29) is 11.8 Å². The topological polar surface area (TPSA) is 61.4 Å². The fourth-order valence-electron chi connectivity index (χ4n) is 4.07. The summed E-state index contributed by atoms with van der Waals surface area (Å²) < 4.78 is 0. The van der Waals surface area contributed by atoms with Gasteiger partial charge in [-0.15, -0.1) is 0 Å². The molecule has 0 spiro atoms. The Morgan fingerprint density at radius 3 is 1.87 bits per heavy atom. The molecule has 0 aliphatic carbocycles. The van der Waals surface area contributed by atoms with Gasteiger partial charge in [-0.3, -0.25) is 9.59 Å². The van der Waals surface area contributed by atoms with Crippen LogP contribution in [0.5, 0.6) is 0 Å². The van der Waals surface area contributed by atoms with E-state index in [1.807, 2.05) is 27.8 Å². The molecule has 2 atom stereocenters. The number of aryl methyl sites for hydroxylation is 2. The highest BCUT2D eigenvalue weighted by Crippen LogP contribution is 2.30. The minimum atomic E-state index is -0.598. The Balaban J connectivity index is 3.20. The Hall–Kier alpha value is -1.88. The van der Waals surface area contributed by atoms with Gasteiger partial charge in [0.25, 0.3) is 0 Å². The second-order valence-corrected chi connectivity index (χ2v) is 10.7. The molecule has 1 rings (SSSR count). The summed E-state index contributed by atoms with van der Waals surface area (Å²) >= 11 is 0. The Morgan fingerprint density at radius 1 is 0.967 bits per heavy atom. The number of hydrogen-bond acceptors (Lipinski definition) is 3. The Morgan fingerprint density at radius 2 is 1.47 bits per heavy atom. The van der Waals surface area contributed by atoms with E-state index < -0.39 is 22.9 Å². The summed E-state index contributed by atoms with van der Waals surface area (Å²) in [5.74, 6) is 0.153. The number of carbonyl (C=O) groups excluding carboxylic acids is 2. The van der Waals surface area contributed by atoms with Crippen molar-refractivity contribution in [1.29, 1.82) is 0 Å². The molecule has 0 radical (unpaired) electrons. The highest BCUT2D eigenvalue weighted by atomic mass is 16.2. The molecule has 0 aromatic heterocycles. The van der Waals surface area contributed by atoms with E-state index in [0.717, 1.165) is 5.56 Å². The molecular formula is C25H43N3O2. The molecule has 2 amide bonds. The van der Waals surface area contributed by atoms with Crippen LogP contribution in [0.4, 0.5) is 0 Å². The summed E-state index contributed by atoms with van der Waals surface area (Å²) in [5, 5.41) is 6.27. The summed E-state index contributed by atoms with van der Waals surface area (Å²) in [7, 11) is 3.61. The molecule has 2 N–H and O–H groups in total. The first kappa shape index (κ1) is 26.2. The third kappa shape index (κ3) is 6.56. The fraction of sp³-hybridized carbons (Fsp3) is 0.680. The second kappa shape index (κ2) is 9.95. The van der Waals surface area contributed by atoms with Gasteiger partial charge in [-0.05, 0) is 37.8 Å². The lowest BCUT2D eigenvalue weighted by Crippen LogP contribution is -2.61. The van der Waals surface area contributed by atoms with Gasteiger partial charge < -0.3 is 15.5 Å². The monoisotopic (exact) mass is 417 g/mol. The lowest BCUT2D eigenvalue weighted by Gasteiger charge is -2.38. The summed E-state index contributed by atoms with van der Waals surface area (Å²) in [4.78, 5) is 28.3. The maximum absolute atomic E-state index is 13.4. The molecule has 0 fully saturated rings. The van der Waals surface area contributed by atoms with Gasteiger partial charge in [0, 0.05) is 19.0 Å². The first-order valence-electron chi connectivity index (χ1n) is 10.9. The zero-order valence-electron chi connectivity index (χ0n) is 20.9. The van der Waals surface area contributed by atoms with Crippen molar-refractivity contribution in [2.45, 2.75) is 79.8 Å². The van der Waals surface area contributed by atoms with Crippen LogP contribution in [0.25, 0.3) is 0 Å². The number of hydrogen-bond donors (Lipinski definition) is 2. The number of nitrogens with zero attached hydrogens (tertiary/aromatic N) is 1. The van der Waals surface area contributed by atoms with Crippen LogP contribution in [-0.2, 0) is 15.0 Å². The van der Waals surface area contributed by atoms with Crippen molar-refractivity contribution < 1.29 is 9.59 Å². The molecule has 30 heavy (non-hydrogen) atoms. The van der Waals surface area contributed by atoms with E-state index in [1.54, 1.807) is 11.9 Å². The van der Waals surface area contributed by atoms with Crippen molar-refractivity contribution >= 4 is 11.8 Å². The molecule has 0 saturated carbocycles. The minimum absolute atomic E-state index is 0.0522. The summed E-state index contributed by atoms with van der Waals surface area (Å²) in [6, 6.07) is 5.32. The fourth-order valence-corrected chi connectivity index (χ4v) is 4.07. The minimum Gasteiger partial charge on any atom is -0.344 e. The third-order valence-electron chi connectivity index (χ3n) is 5.65. The van der Waals surface area contributed by atoms with Crippen molar-refractivity contribution in [3.63, 3.8) is 0 Å². The van der Waals surface area contributed by atoms with Gasteiger partial charge in [0.15, 0.2) is 0 Å². The molecule has 0 bridgehead atoms. The summed E-state index contributed by atoms with van der Waals surface area (Å²) in [5.41, 5.74) is 2.59. The van der Waals surface area contributed by atoms with Crippen molar-refractivity contribution in [3.05, 3.63) is 34.9 Å². The normalized spacial score (nSPS) is 14.4. The first-order chi connectivity index (χ1) is 13.6. The van der Waals surface area contributed by atoms with Crippen LogP contribution in [0.1, 0.15) is 65.2 Å². The highest BCUT2D eigenvalue weighted by molar-refractivity contribution is 5.91. The molecule has 0 aliphatic heterocycles. The molecule has 0 aliphatic rings. The average Bonchev–Trinajstić information content (AvgIpc) is 2.57. The second-order valence-electron chi connectivity index (χ2n) is 10.7. The molecule has 1 aromatic carbocycles. The number of carbonyl (C=O) groups is 2. The number of likely N-dealkylation sites (N-methyl/N-ethyl adjacent to an activating group) is 2. The predicted octanol–water partition coefficient (Wildman–Crippen LogP) is 3.81. The number of benzene rings is 1. The van der Waals surface area contributed by atoms with Crippen LogP contribution in [-0.4, -0.2) is 49.4 Å². The van der Waals surface area contributed by atoms with Crippen LogP contribution in [0.2, 0.25) is 0 Å². The quantitative estimate of drug-likeness (QED) is 0.676. The van der Waals surface area contributed by atoms with Crippen molar-refractivity contribution in [2.75, 3.05) is 20.6 Å². The van der Waals surface area contributed by atoms with Crippen LogP contribution in [0.3, 0.4) is 0 Å². The predicted molar refractivity (Wildman–Crippen MR) is 126 cm³/mol. The molecular weight excluding hydrogens is 374 g/mol. The number of amides is 2. The zero-order valence-corrected chi connectivity index (χ0v) is 20.9. The molecule has 0 heterocycles. The van der Waals surface area contributed by atoms with Gasteiger partial charge in [-0.2, -0.15) is 0 Å². The van der Waals surface area contributed by atoms with Gasteiger partial charge in [0.05, 0.1) is 6.04 Å². The van der Waals surface area contributed by atoms with E-state index in [0.29, 0.717) is 12.5 Å². The van der Waals surface area contributed by atoms with E-state index in [9.17, 15) is 9.59 Å². The van der Waals surface area contributed by atoms with Crippen molar-refractivity contribution in [1.82, 2.24) is 15.5 Å². The first-order valence-corrected chi connectivity index (χ1v) is 10.9. The van der Waals surface area contributed by atoms with Crippen LogP contribution in [0, 0.1) is 25.2 Å². The SMILES string of the molecule is CNC(C(=O)NC(C(=O)N(C)CC(C)C)C(C)(C)C)C(C)(C)c1cc(C)cc(C)c1. The van der Waals surface area contributed by atoms with Crippen LogP contribution >= 0.6 is 0 Å². The van der Waals surface area contributed by atoms with Gasteiger partial charge in [-0.1, -0.05) is 77.8 Å². The third-order valence-corrected chi connectivity index (χ3v) is 5.65. The largest absolute Gasteiger partial charge is 0.344 e. The Kier molecular flexibility index (Phi) is 8.68. The van der Waals surface area contributed by atoms with Crippen molar-refractivity contribution in [3.8, 4) is 0 Å². The maximum Gasteiger partial charge on any atom is 0.245 e. The van der Waals surface area contributed by atoms with Gasteiger partial charge in [0.1, 0.15) is 6.04 Å². The molecule has 2 unspecified atom stereocenters. The van der Waals surface area contributed by atoms with Crippen LogP contribution < -0.4 is 10.6 Å². The van der Waals surface area contributed by atoms with E-state index in [2.05, 4.69) is 70.4 Å². The molecule has 170 valence electrons. The summed E-state index contributed by atoms with van der Waals surface area (Å²) in [6.45, 7) is 19.1. The van der Waals surface area contributed by atoms with E-state index in [1.165, 1.54) is 11.1 Å². The number of rotatable bonds is 8. The maximum atomic E-state index is 13.4. The molecule has 5 heteroatoms. The standard InChI is InChI=1S/C25H43N3O2/c1-16(2)15-28(11)23(30)21(24(5,6)7)27-22(29)20(26-10)25(8,9)19-13-17(3)12-18(4)14-19/h12-14,16,20-21,26H,15H2,1-11H3,(H,27,29). The Bertz CT molecular complexity index is 727. The number of nitrogens with one attached hydrogen (secondary N) is 2. The average molecular weight is 418 g/mol. The lowest BCUT2D eigenvalue weighted by atomic mass is 9.76. The zero-order chi connectivity index (χ0) is 23.4. The van der Waals surface area contributed by atoms with E-state index >= 15 is 0 Å². The molecule has 0 saturated heterocycles. The van der Waals surface area contributed by atoms with Crippen LogP contribution in [0.15, 0.2) is 18.2 Å². The van der Waals surface area contributed by atoms with E-state index in [4.69, 9.17) is 0 Å². The summed E-state index contributed by atoms with van der Waals surface area (Å²) in [6.07, 6.45) is 0. The smallest absolute Gasteiger partial charge is 0.245 e. The van der Waals surface area contributed by atoms with Gasteiger partial charge >= 0.3 is 0 Å².